The Morgan fingerprint density at radius 3 is 2.13 bits per heavy atom. The molecule has 0 spiro atoms. The first-order valence-electron chi connectivity index (χ1n) is 19.3. The quantitative estimate of drug-likeness (QED) is 0.168. The fourth-order valence-electron chi connectivity index (χ4n) is 10.6. The van der Waals surface area contributed by atoms with Crippen LogP contribution in [0.3, 0.4) is 0 Å². The smallest absolute Gasteiger partial charge is 0.252 e. The molecule has 6 aromatic carbocycles. The van der Waals surface area contributed by atoms with Crippen molar-refractivity contribution in [1.82, 2.24) is 9.13 Å². The third-order valence-corrected chi connectivity index (χ3v) is 12.8. The number of anilines is 2. The van der Waals surface area contributed by atoms with E-state index in [1.54, 1.807) is 0 Å². The Kier molecular flexibility index (Phi) is 5.55. The fourth-order valence-corrected chi connectivity index (χ4v) is 10.6. The number of allylic oxidation sites excluding steroid dienone is 6. The first-order valence-corrected chi connectivity index (χ1v) is 19.3. The average Bonchev–Trinajstić information content (AvgIpc) is 3.67. The summed E-state index contributed by atoms with van der Waals surface area (Å²) in [6.45, 7) is 2.55. The van der Waals surface area contributed by atoms with Crippen LogP contribution in [0.2, 0.25) is 0 Å². The molecule has 4 heteroatoms. The molecule has 3 aliphatic carbocycles. The molecule has 2 aromatic heterocycles. The van der Waals surface area contributed by atoms with Crippen molar-refractivity contribution < 1.29 is 0 Å². The Labute approximate surface area is 314 Å². The molecule has 0 fully saturated rings. The van der Waals surface area contributed by atoms with Gasteiger partial charge in [0, 0.05) is 78.7 Å². The number of benzene rings is 6. The van der Waals surface area contributed by atoms with E-state index in [-0.39, 0.29) is 6.71 Å². The van der Waals surface area contributed by atoms with Crippen LogP contribution in [-0.4, -0.2) is 15.8 Å². The Balaban J connectivity index is 1.08. The molecule has 3 nitrogen and oxygen atoms in total. The maximum Gasteiger partial charge on any atom is 0.252 e. The van der Waals surface area contributed by atoms with Gasteiger partial charge in [-0.15, -0.1) is 0 Å². The van der Waals surface area contributed by atoms with E-state index in [4.69, 9.17) is 0 Å². The maximum atomic E-state index is 2.67. The van der Waals surface area contributed by atoms with E-state index in [2.05, 4.69) is 185 Å². The van der Waals surface area contributed by atoms with E-state index in [1.807, 2.05) is 0 Å². The van der Waals surface area contributed by atoms with Crippen LogP contribution in [-0.2, 0) is 0 Å². The van der Waals surface area contributed by atoms with Crippen LogP contribution in [0.5, 0.6) is 0 Å². The molecule has 4 heterocycles. The molecule has 1 unspecified atom stereocenters. The highest BCUT2D eigenvalue weighted by Gasteiger charge is 2.42. The van der Waals surface area contributed by atoms with Gasteiger partial charge in [0.15, 0.2) is 0 Å². The molecule has 8 aromatic rings. The molecule has 0 radical (unpaired) electrons. The fraction of sp³-hybridized carbons (Fsp3) is 0.0800. The SMILES string of the molecule is CC1CC=Cc2c1n1c3c(cccc23)B2c3c-1cc(-c1ccc(N(C4=C5C=CC=C[C@H]54)c4ccccc4)cc1)cc3-n1c3ccccc3c3cccc2c31. The zero-order valence-corrected chi connectivity index (χ0v) is 29.9. The van der Waals surface area contributed by atoms with Gasteiger partial charge in [0.05, 0.1) is 5.52 Å². The Morgan fingerprint density at radius 1 is 0.630 bits per heavy atom. The van der Waals surface area contributed by atoms with Crippen molar-refractivity contribution in [3.63, 3.8) is 0 Å². The zero-order chi connectivity index (χ0) is 35.2. The number of fused-ring (bicyclic) bond motifs is 11. The van der Waals surface area contributed by atoms with Gasteiger partial charge in [-0.2, -0.15) is 0 Å². The molecular weight excluding hydrogens is 653 g/mol. The normalized spacial score (nSPS) is 18.1. The van der Waals surface area contributed by atoms with Crippen molar-refractivity contribution >= 4 is 73.3 Å². The monoisotopic (exact) mass is 687 g/mol. The molecular formula is C50H34BN3. The molecule has 0 saturated heterocycles. The second-order valence-corrected chi connectivity index (χ2v) is 15.7. The lowest BCUT2D eigenvalue weighted by atomic mass is 9.34. The predicted molar refractivity (Wildman–Crippen MR) is 227 cm³/mol. The summed E-state index contributed by atoms with van der Waals surface area (Å²) in [6.07, 6.45) is 14.7. The largest absolute Gasteiger partial charge is 0.314 e. The summed E-state index contributed by atoms with van der Waals surface area (Å²) in [7, 11) is 0. The van der Waals surface area contributed by atoms with Crippen molar-refractivity contribution in [2.45, 2.75) is 19.3 Å². The minimum absolute atomic E-state index is 0.151. The zero-order valence-electron chi connectivity index (χ0n) is 29.9. The summed E-state index contributed by atoms with van der Waals surface area (Å²) in [4.78, 5) is 2.44. The van der Waals surface area contributed by atoms with E-state index < -0.39 is 0 Å². The molecule has 54 heavy (non-hydrogen) atoms. The number of aromatic nitrogens is 2. The van der Waals surface area contributed by atoms with E-state index in [0.717, 1.165) is 6.42 Å². The van der Waals surface area contributed by atoms with Gasteiger partial charge in [0.25, 0.3) is 6.71 Å². The minimum Gasteiger partial charge on any atom is -0.314 e. The number of rotatable bonds is 4. The number of hydrogen-bond acceptors (Lipinski definition) is 1. The van der Waals surface area contributed by atoms with Crippen LogP contribution < -0.4 is 21.3 Å². The topological polar surface area (TPSA) is 13.1 Å². The standard InChI is InChI=1S/C50H34BN3/c1-30-12-9-18-37-40-20-11-22-42-50(40)54(47(30)37)45-29-32(28-44-46(45)51(42)41-21-10-19-36-35-15-7-8-23-43(35)53(44)49(36)41)31-24-26-34(27-25-31)52(33-13-3-2-4-14-33)48-38-16-5-6-17-39(38)48/h2-11,13-30,38H,12H2,1H3/t30?,38-/m1/s1. The van der Waals surface area contributed by atoms with Crippen molar-refractivity contribution in [2.24, 2.45) is 5.92 Å². The van der Waals surface area contributed by atoms with E-state index >= 15 is 0 Å². The van der Waals surface area contributed by atoms with Gasteiger partial charge < -0.3 is 14.0 Å². The maximum absolute atomic E-state index is 2.67. The Morgan fingerprint density at radius 2 is 1.33 bits per heavy atom. The second-order valence-electron chi connectivity index (χ2n) is 15.7. The highest BCUT2D eigenvalue weighted by Crippen LogP contribution is 2.50. The van der Waals surface area contributed by atoms with Crippen molar-refractivity contribution in [1.29, 1.82) is 0 Å². The van der Waals surface area contributed by atoms with Gasteiger partial charge in [-0.1, -0.05) is 128 Å². The van der Waals surface area contributed by atoms with Gasteiger partial charge in [-0.3, -0.25) is 0 Å². The summed E-state index contributed by atoms with van der Waals surface area (Å²) >= 11 is 0. The average molecular weight is 688 g/mol. The molecule has 2 atom stereocenters. The van der Waals surface area contributed by atoms with Crippen LogP contribution in [0.1, 0.15) is 30.5 Å². The first kappa shape index (κ1) is 29.0. The minimum atomic E-state index is 0.151. The van der Waals surface area contributed by atoms with E-state index in [9.17, 15) is 0 Å². The van der Waals surface area contributed by atoms with Crippen molar-refractivity contribution in [3.05, 3.63) is 180 Å². The van der Waals surface area contributed by atoms with Gasteiger partial charge in [0.2, 0.25) is 0 Å². The summed E-state index contributed by atoms with van der Waals surface area (Å²) in [6, 6.07) is 48.1. The number of nitrogens with zero attached hydrogens (tertiary/aromatic N) is 3. The molecule has 0 amide bonds. The van der Waals surface area contributed by atoms with Crippen LogP contribution in [0.25, 0.3) is 61.3 Å². The van der Waals surface area contributed by atoms with Gasteiger partial charge in [-0.25, -0.2) is 0 Å². The Bertz CT molecular complexity index is 3100. The second kappa shape index (κ2) is 10.3. The van der Waals surface area contributed by atoms with Crippen LogP contribution in [0, 0.1) is 5.92 Å². The highest BCUT2D eigenvalue weighted by atomic mass is 15.2. The molecule has 0 saturated carbocycles. The lowest BCUT2D eigenvalue weighted by Crippen LogP contribution is -2.59. The predicted octanol–water partition coefficient (Wildman–Crippen LogP) is 10.2. The molecule has 0 bridgehead atoms. The summed E-state index contributed by atoms with van der Waals surface area (Å²) < 4.78 is 5.25. The van der Waals surface area contributed by atoms with Gasteiger partial charge in [0.1, 0.15) is 0 Å². The number of para-hydroxylation sites is 4. The third kappa shape index (κ3) is 3.63. The Hall–Kier alpha value is -6.52. The summed E-state index contributed by atoms with van der Waals surface area (Å²) in [5.41, 5.74) is 21.3. The molecule has 0 N–H and O–H groups in total. The molecule has 252 valence electrons. The molecule has 13 rings (SSSR count). The van der Waals surface area contributed by atoms with Crippen LogP contribution in [0.15, 0.2) is 169 Å². The van der Waals surface area contributed by atoms with Crippen molar-refractivity contribution in [3.8, 4) is 22.5 Å². The van der Waals surface area contributed by atoms with Crippen LogP contribution >= 0.6 is 0 Å². The van der Waals surface area contributed by atoms with E-state index in [1.165, 1.54) is 106 Å². The molecule has 2 aliphatic heterocycles. The number of hydrogen-bond donors (Lipinski definition) is 0. The molecule has 5 aliphatic rings. The van der Waals surface area contributed by atoms with Crippen molar-refractivity contribution in [2.75, 3.05) is 4.90 Å². The summed E-state index contributed by atoms with van der Waals surface area (Å²) in [5, 5.41) is 4.01. The van der Waals surface area contributed by atoms with Crippen LogP contribution in [0.4, 0.5) is 11.4 Å². The van der Waals surface area contributed by atoms with Gasteiger partial charge >= 0.3 is 0 Å². The van der Waals surface area contributed by atoms with Gasteiger partial charge in [-0.05, 0) is 82.0 Å². The lowest BCUT2D eigenvalue weighted by Gasteiger charge is -2.35. The first-order chi connectivity index (χ1) is 26.7. The summed E-state index contributed by atoms with van der Waals surface area (Å²) in [5.74, 6) is 0.808. The highest BCUT2D eigenvalue weighted by molar-refractivity contribution is 7.00. The lowest BCUT2D eigenvalue weighted by molar-refractivity contribution is 0.724. The third-order valence-electron chi connectivity index (χ3n) is 12.8. The van der Waals surface area contributed by atoms with E-state index in [0.29, 0.717) is 11.8 Å².